The molecule has 11 heteroatoms. The molecule has 28 heavy (non-hydrogen) atoms. The Balaban J connectivity index is 1.79. The van der Waals surface area contributed by atoms with Crippen LogP contribution in [0, 0.1) is 0 Å². The van der Waals surface area contributed by atoms with Crippen molar-refractivity contribution in [1.29, 1.82) is 0 Å². The quantitative estimate of drug-likeness (QED) is 0.289. The summed E-state index contributed by atoms with van der Waals surface area (Å²) < 4.78 is 15.5. The van der Waals surface area contributed by atoms with Crippen LogP contribution in [-0.2, 0) is 9.53 Å². The van der Waals surface area contributed by atoms with E-state index in [1.807, 2.05) is 0 Å². The number of nitrogens with zero attached hydrogens (tertiary/aromatic N) is 3. The topological polar surface area (TPSA) is 137 Å². The normalized spacial score (nSPS) is 11.8. The Morgan fingerprint density at radius 1 is 1.25 bits per heavy atom. The van der Waals surface area contributed by atoms with Crippen LogP contribution in [0.5, 0.6) is 11.5 Å². The highest BCUT2D eigenvalue weighted by Gasteiger charge is 2.21. The van der Waals surface area contributed by atoms with Gasteiger partial charge in [-0.25, -0.2) is 14.8 Å². The van der Waals surface area contributed by atoms with E-state index in [9.17, 15) is 4.79 Å². The van der Waals surface area contributed by atoms with Gasteiger partial charge in [0.25, 0.3) is 0 Å². The van der Waals surface area contributed by atoms with E-state index >= 15 is 0 Å². The molecule has 0 saturated heterocycles. The lowest BCUT2D eigenvalue weighted by Crippen LogP contribution is -2.33. The third-order valence-electron chi connectivity index (χ3n) is 3.87. The number of nitrogens with one attached hydrogen (secondary N) is 2. The molecule has 0 spiro atoms. The van der Waals surface area contributed by atoms with E-state index < -0.39 is 12.0 Å². The van der Waals surface area contributed by atoms with E-state index in [0.29, 0.717) is 39.1 Å². The third-order valence-corrected chi connectivity index (χ3v) is 4.94. The fourth-order valence-corrected chi connectivity index (χ4v) is 3.52. The van der Waals surface area contributed by atoms with Crippen molar-refractivity contribution < 1.29 is 19.0 Å². The number of carbonyl (C=O) groups is 1. The Labute approximate surface area is 165 Å². The number of anilines is 2. The lowest BCUT2D eigenvalue weighted by molar-refractivity contribution is -0.140. The van der Waals surface area contributed by atoms with Crippen LogP contribution < -0.4 is 20.5 Å². The van der Waals surface area contributed by atoms with Gasteiger partial charge in [-0.05, 0) is 12.1 Å². The van der Waals surface area contributed by atoms with Crippen molar-refractivity contribution in [2.45, 2.75) is 11.1 Å². The minimum Gasteiger partial charge on any atom is -0.493 e. The molecule has 0 aliphatic rings. The highest BCUT2D eigenvalue weighted by atomic mass is 32.2. The number of esters is 1. The van der Waals surface area contributed by atoms with Gasteiger partial charge in [-0.3, -0.25) is 0 Å². The lowest BCUT2D eigenvalue weighted by Gasteiger charge is -2.18. The second-order valence-electron chi connectivity index (χ2n) is 5.59. The minimum absolute atomic E-state index is 0.115. The molecule has 1 aromatic carbocycles. The van der Waals surface area contributed by atoms with Crippen molar-refractivity contribution in [2.75, 3.05) is 38.1 Å². The molecule has 3 aromatic rings. The fourth-order valence-electron chi connectivity index (χ4n) is 2.53. The first-order chi connectivity index (χ1) is 13.5. The number of H-pyrrole nitrogens is 1. The van der Waals surface area contributed by atoms with E-state index in [1.54, 1.807) is 32.4 Å². The number of imidazole rings is 1. The SMILES string of the molecule is COC(=O)C(CSc1nc(N)nc2nc[nH]c12)Nc1ccc(OC)c(OC)c1. The Kier molecular flexibility index (Phi) is 6.04. The number of hydrogen-bond donors (Lipinski definition) is 3. The molecule has 10 nitrogen and oxygen atoms in total. The maximum Gasteiger partial charge on any atom is 0.329 e. The molecule has 0 fully saturated rings. The van der Waals surface area contributed by atoms with E-state index in [0.717, 1.165) is 0 Å². The number of ether oxygens (including phenoxy) is 3. The number of aromatic nitrogens is 4. The summed E-state index contributed by atoms with van der Waals surface area (Å²) in [6, 6.07) is 4.65. The van der Waals surface area contributed by atoms with Crippen LogP contribution >= 0.6 is 11.8 Å². The van der Waals surface area contributed by atoms with Gasteiger partial charge in [-0.2, -0.15) is 4.98 Å². The molecule has 0 saturated carbocycles. The van der Waals surface area contributed by atoms with Crippen molar-refractivity contribution in [3.8, 4) is 11.5 Å². The number of thioether (sulfide) groups is 1. The summed E-state index contributed by atoms with van der Waals surface area (Å²) >= 11 is 1.34. The maximum absolute atomic E-state index is 12.3. The van der Waals surface area contributed by atoms with Crippen molar-refractivity contribution in [3.05, 3.63) is 24.5 Å². The number of aromatic amines is 1. The Hall–Kier alpha value is -3.21. The van der Waals surface area contributed by atoms with Crippen molar-refractivity contribution >= 4 is 40.5 Å². The van der Waals surface area contributed by atoms with Gasteiger partial charge < -0.3 is 30.2 Å². The number of fused-ring (bicyclic) bond motifs is 1. The minimum atomic E-state index is -0.637. The molecule has 3 rings (SSSR count). The molecule has 4 N–H and O–H groups in total. The molecule has 0 amide bonds. The molecule has 0 radical (unpaired) electrons. The smallest absolute Gasteiger partial charge is 0.329 e. The number of hydrogen-bond acceptors (Lipinski definition) is 10. The van der Waals surface area contributed by atoms with Gasteiger partial charge in [0.05, 0.1) is 27.7 Å². The second-order valence-corrected chi connectivity index (χ2v) is 6.60. The number of benzene rings is 1. The van der Waals surface area contributed by atoms with Crippen LogP contribution in [0.2, 0.25) is 0 Å². The van der Waals surface area contributed by atoms with E-state index in [4.69, 9.17) is 19.9 Å². The summed E-state index contributed by atoms with van der Waals surface area (Å²) in [6.07, 6.45) is 1.52. The predicted molar refractivity (Wildman–Crippen MR) is 106 cm³/mol. The van der Waals surface area contributed by atoms with Gasteiger partial charge in [0.15, 0.2) is 17.1 Å². The number of rotatable bonds is 8. The van der Waals surface area contributed by atoms with Gasteiger partial charge in [0.2, 0.25) is 5.95 Å². The van der Waals surface area contributed by atoms with Crippen LogP contribution in [0.4, 0.5) is 11.6 Å². The molecule has 148 valence electrons. The first-order valence-corrected chi connectivity index (χ1v) is 9.20. The van der Waals surface area contributed by atoms with Crippen molar-refractivity contribution in [1.82, 2.24) is 19.9 Å². The highest BCUT2D eigenvalue weighted by Crippen LogP contribution is 2.31. The van der Waals surface area contributed by atoms with Gasteiger partial charge in [-0.15, -0.1) is 11.8 Å². The van der Waals surface area contributed by atoms with E-state index in [2.05, 4.69) is 25.3 Å². The van der Waals surface area contributed by atoms with Gasteiger partial charge >= 0.3 is 5.97 Å². The average molecular weight is 404 g/mol. The Morgan fingerprint density at radius 2 is 2.04 bits per heavy atom. The fraction of sp³-hybridized carbons (Fsp3) is 0.294. The molecule has 2 heterocycles. The maximum atomic E-state index is 12.3. The van der Waals surface area contributed by atoms with Crippen molar-refractivity contribution in [3.63, 3.8) is 0 Å². The average Bonchev–Trinajstić information content (AvgIpc) is 3.18. The molecular weight excluding hydrogens is 384 g/mol. The monoisotopic (exact) mass is 404 g/mol. The number of methoxy groups -OCH3 is 3. The van der Waals surface area contributed by atoms with Crippen LogP contribution in [0.15, 0.2) is 29.6 Å². The van der Waals surface area contributed by atoms with Gasteiger partial charge in [-0.1, -0.05) is 0 Å². The summed E-state index contributed by atoms with van der Waals surface area (Å²) in [7, 11) is 4.44. The lowest BCUT2D eigenvalue weighted by atomic mass is 10.2. The Morgan fingerprint density at radius 3 is 2.75 bits per heavy atom. The molecule has 0 bridgehead atoms. The van der Waals surface area contributed by atoms with Crippen molar-refractivity contribution in [2.24, 2.45) is 0 Å². The first kappa shape index (κ1) is 19.5. The van der Waals surface area contributed by atoms with Crippen LogP contribution in [0.1, 0.15) is 0 Å². The zero-order valence-corrected chi connectivity index (χ0v) is 16.4. The van der Waals surface area contributed by atoms with Gasteiger partial charge in [0.1, 0.15) is 16.6 Å². The summed E-state index contributed by atoms with van der Waals surface area (Å²) in [5.74, 6) is 1.18. The molecule has 0 aliphatic carbocycles. The molecule has 2 aromatic heterocycles. The number of carbonyl (C=O) groups excluding carboxylic acids is 1. The molecule has 0 aliphatic heterocycles. The third kappa shape index (κ3) is 4.19. The highest BCUT2D eigenvalue weighted by molar-refractivity contribution is 7.99. The predicted octanol–water partition coefficient (Wildman–Crippen LogP) is 1.70. The molecule has 1 unspecified atom stereocenters. The van der Waals surface area contributed by atoms with Crippen LogP contribution in [-0.4, -0.2) is 59.0 Å². The molecule has 1 atom stereocenters. The number of nitrogens with two attached hydrogens (primary N) is 1. The van der Waals surface area contributed by atoms with E-state index in [-0.39, 0.29) is 5.95 Å². The summed E-state index contributed by atoms with van der Waals surface area (Å²) in [4.78, 5) is 27.6. The summed E-state index contributed by atoms with van der Waals surface area (Å²) in [5.41, 5.74) is 7.55. The Bertz CT molecular complexity index is 979. The van der Waals surface area contributed by atoms with Gasteiger partial charge in [0, 0.05) is 17.5 Å². The molecular formula is C17H20N6O4S. The number of nitrogen functional groups attached to an aromatic ring is 1. The van der Waals surface area contributed by atoms with E-state index in [1.165, 1.54) is 25.2 Å². The standard InChI is InChI=1S/C17H20N6O4S/c1-25-11-5-4-9(6-12(11)26-2)21-10(16(24)27-3)7-28-15-13-14(20-8-19-13)22-17(18)23-15/h4-6,8,10,21H,7H2,1-3H3,(H3,18,19,20,22,23). The van der Waals surface area contributed by atoms with Crippen LogP contribution in [0.25, 0.3) is 11.2 Å². The second kappa shape index (κ2) is 8.65. The summed E-state index contributed by atoms with van der Waals surface area (Å²) in [5, 5.41) is 3.75. The first-order valence-electron chi connectivity index (χ1n) is 8.21. The largest absolute Gasteiger partial charge is 0.493 e. The zero-order valence-electron chi connectivity index (χ0n) is 15.6. The van der Waals surface area contributed by atoms with Crippen LogP contribution in [0.3, 0.4) is 0 Å². The zero-order chi connectivity index (χ0) is 20.1. The summed E-state index contributed by atoms with van der Waals surface area (Å²) in [6.45, 7) is 0.